The molecular weight excluding hydrogens is 164 g/mol. The summed E-state index contributed by atoms with van der Waals surface area (Å²) in [5, 5.41) is 9.22. The molecule has 0 aromatic carbocycles. The summed E-state index contributed by atoms with van der Waals surface area (Å²) in [5.74, 6) is 0.164. The van der Waals surface area contributed by atoms with Crippen molar-refractivity contribution >= 4 is 9.84 Å². The van der Waals surface area contributed by atoms with Crippen molar-refractivity contribution in [3.05, 3.63) is 0 Å². The summed E-state index contributed by atoms with van der Waals surface area (Å²) in [5.41, 5.74) is -0.745. The molecule has 0 spiro atoms. The van der Waals surface area contributed by atoms with Crippen LogP contribution < -0.4 is 0 Å². The Kier molecular flexibility index (Phi) is 3.51. The fraction of sp³-hybridized carbons (Fsp3) is 1.00. The average molecular weight is 180 g/mol. The van der Waals surface area contributed by atoms with Gasteiger partial charge in [-0.3, -0.25) is 0 Å². The molecule has 0 heterocycles. The molecule has 0 saturated heterocycles. The fourth-order valence-corrected chi connectivity index (χ4v) is 1.44. The van der Waals surface area contributed by atoms with Crippen LogP contribution in [0.25, 0.3) is 0 Å². The molecule has 11 heavy (non-hydrogen) atoms. The molecular formula is C7H16O3S. The first-order valence-corrected chi connectivity index (χ1v) is 5.67. The molecule has 0 atom stereocenters. The highest BCUT2D eigenvalue weighted by atomic mass is 32.2. The predicted molar refractivity (Wildman–Crippen MR) is 45.2 cm³/mol. The minimum atomic E-state index is -2.86. The van der Waals surface area contributed by atoms with E-state index in [2.05, 4.69) is 0 Å². The Labute approximate surface area is 68.3 Å². The van der Waals surface area contributed by atoms with Crippen LogP contribution in [0.15, 0.2) is 0 Å². The van der Waals surface area contributed by atoms with Crippen molar-refractivity contribution in [2.45, 2.75) is 32.3 Å². The molecule has 68 valence electrons. The van der Waals surface area contributed by atoms with E-state index < -0.39 is 15.4 Å². The van der Waals surface area contributed by atoms with Gasteiger partial charge in [0.15, 0.2) is 0 Å². The van der Waals surface area contributed by atoms with Gasteiger partial charge in [0.05, 0.1) is 5.60 Å². The van der Waals surface area contributed by atoms with Gasteiger partial charge in [-0.2, -0.15) is 0 Å². The Morgan fingerprint density at radius 1 is 1.36 bits per heavy atom. The minimum absolute atomic E-state index is 0.164. The summed E-state index contributed by atoms with van der Waals surface area (Å²) in [6, 6.07) is 0. The SMILES string of the molecule is CC(C)(O)CCCS(C)(=O)=O. The van der Waals surface area contributed by atoms with Gasteiger partial charge in [-0.1, -0.05) is 0 Å². The number of sulfone groups is 1. The molecule has 3 nitrogen and oxygen atoms in total. The molecule has 0 aromatic rings. The van der Waals surface area contributed by atoms with Gasteiger partial charge in [0.2, 0.25) is 0 Å². The summed E-state index contributed by atoms with van der Waals surface area (Å²) in [7, 11) is -2.86. The molecule has 0 rings (SSSR count). The van der Waals surface area contributed by atoms with Crippen molar-refractivity contribution in [2.24, 2.45) is 0 Å². The van der Waals surface area contributed by atoms with E-state index in [-0.39, 0.29) is 5.75 Å². The highest BCUT2D eigenvalue weighted by molar-refractivity contribution is 7.90. The van der Waals surface area contributed by atoms with Gasteiger partial charge in [0.25, 0.3) is 0 Å². The summed E-state index contributed by atoms with van der Waals surface area (Å²) in [6.07, 6.45) is 2.26. The van der Waals surface area contributed by atoms with Crippen LogP contribution in [0.4, 0.5) is 0 Å². The normalized spacial score (nSPS) is 13.5. The molecule has 0 aromatic heterocycles. The van der Waals surface area contributed by atoms with Crippen LogP contribution in [-0.4, -0.2) is 31.1 Å². The second kappa shape index (κ2) is 3.54. The van der Waals surface area contributed by atoms with E-state index >= 15 is 0 Å². The first-order chi connectivity index (χ1) is 4.71. The third kappa shape index (κ3) is 9.91. The van der Waals surface area contributed by atoms with Crippen LogP contribution in [0.5, 0.6) is 0 Å². The maximum absolute atomic E-state index is 10.6. The smallest absolute Gasteiger partial charge is 0.147 e. The van der Waals surface area contributed by atoms with E-state index in [1.54, 1.807) is 13.8 Å². The Balaban J connectivity index is 3.61. The van der Waals surface area contributed by atoms with Crippen molar-refractivity contribution in [3.8, 4) is 0 Å². The third-order valence-corrected chi connectivity index (χ3v) is 2.33. The number of hydrogen-bond acceptors (Lipinski definition) is 3. The first kappa shape index (κ1) is 10.9. The topological polar surface area (TPSA) is 54.4 Å². The second-order valence-electron chi connectivity index (χ2n) is 3.55. The lowest BCUT2D eigenvalue weighted by Crippen LogP contribution is -2.19. The number of aliphatic hydroxyl groups is 1. The largest absolute Gasteiger partial charge is 0.390 e. The van der Waals surface area contributed by atoms with Gasteiger partial charge in [0, 0.05) is 12.0 Å². The van der Waals surface area contributed by atoms with E-state index in [1.165, 1.54) is 6.26 Å². The number of rotatable bonds is 4. The molecule has 4 heteroatoms. The van der Waals surface area contributed by atoms with Gasteiger partial charge in [-0.05, 0) is 26.7 Å². The van der Waals surface area contributed by atoms with Crippen LogP contribution >= 0.6 is 0 Å². The molecule has 0 aliphatic rings. The van der Waals surface area contributed by atoms with E-state index in [9.17, 15) is 13.5 Å². The van der Waals surface area contributed by atoms with Crippen molar-refractivity contribution in [3.63, 3.8) is 0 Å². The Morgan fingerprint density at radius 2 is 1.82 bits per heavy atom. The minimum Gasteiger partial charge on any atom is -0.390 e. The molecule has 0 bridgehead atoms. The molecule has 0 aliphatic heterocycles. The van der Waals surface area contributed by atoms with E-state index in [1.807, 2.05) is 0 Å². The first-order valence-electron chi connectivity index (χ1n) is 3.61. The summed E-state index contributed by atoms with van der Waals surface area (Å²) in [4.78, 5) is 0. The predicted octanol–water partition coefficient (Wildman–Crippen LogP) is 0.582. The van der Waals surface area contributed by atoms with Crippen LogP contribution in [-0.2, 0) is 9.84 Å². The van der Waals surface area contributed by atoms with Gasteiger partial charge >= 0.3 is 0 Å². The average Bonchev–Trinajstić information content (AvgIpc) is 1.55. The second-order valence-corrected chi connectivity index (χ2v) is 5.81. The van der Waals surface area contributed by atoms with Gasteiger partial charge < -0.3 is 5.11 Å². The van der Waals surface area contributed by atoms with E-state index in [0.717, 1.165) is 0 Å². The maximum atomic E-state index is 10.6. The molecule has 0 unspecified atom stereocenters. The standard InChI is InChI=1S/C7H16O3S/c1-7(2,8)5-4-6-11(3,9)10/h8H,4-6H2,1-3H3. The molecule has 0 aliphatic carbocycles. The lowest BCUT2D eigenvalue weighted by Gasteiger charge is -2.15. The van der Waals surface area contributed by atoms with Crippen LogP contribution in [0.3, 0.4) is 0 Å². The molecule has 0 fully saturated rings. The maximum Gasteiger partial charge on any atom is 0.147 e. The van der Waals surface area contributed by atoms with Crippen LogP contribution in [0.1, 0.15) is 26.7 Å². The van der Waals surface area contributed by atoms with Gasteiger partial charge in [-0.15, -0.1) is 0 Å². The van der Waals surface area contributed by atoms with Crippen LogP contribution in [0.2, 0.25) is 0 Å². The van der Waals surface area contributed by atoms with Crippen LogP contribution in [0, 0.1) is 0 Å². The highest BCUT2D eigenvalue weighted by Crippen LogP contribution is 2.10. The van der Waals surface area contributed by atoms with Crippen molar-refractivity contribution < 1.29 is 13.5 Å². The quantitative estimate of drug-likeness (QED) is 0.688. The van der Waals surface area contributed by atoms with Gasteiger partial charge in [-0.25, -0.2) is 8.42 Å². The molecule has 0 saturated carbocycles. The zero-order chi connectivity index (χ0) is 9.12. The van der Waals surface area contributed by atoms with Gasteiger partial charge in [0.1, 0.15) is 9.84 Å². The summed E-state index contributed by atoms with van der Waals surface area (Å²) in [6.45, 7) is 3.35. The Morgan fingerprint density at radius 3 is 2.09 bits per heavy atom. The molecule has 0 amide bonds. The van der Waals surface area contributed by atoms with Crippen molar-refractivity contribution in [2.75, 3.05) is 12.0 Å². The Hall–Kier alpha value is -0.0900. The molecule has 1 N–H and O–H groups in total. The highest BCUT2D eigenvalue weighted by Gasteiger charge is 2.13. The Bertz CT molecular complexity index is 198. The van der Waals surface area contributed by atoms with E-state index in [0.29, 0.717) is 12.8 Å². The molecule has 0 radical (unpaired) electrons. The lowest BCUT2D eigenvalue weighted by atomic mass is 10.0. The zero-order valence-electron chi connectivity index (χ0n) is 7.29. The van der Waals surface area contributed by atoms with E-state index in [4.69, 9.17) is 0 Å². The monoisotopic (exact) mass is 180 g/mol. The van der Waals surface area contributed by atoms with Crippen molar-refractivity contribution in [1.29, 1.82) is 0 Å². The lowest BCUT2D eigenvalue weighted by molar-refractivity contribution is 0.0705. The summed E-state index contributed by atoms with van der Waals surface area (Å²) >= 11 is 0. The zero-order valence-corrected chi connectivity index (χ0v) is 8.11. The number of hydrogen-bond donors (Lipinski definition) is 1. The fourth-order valence-electron chi connectivity index (χ4n) is 0.767. The summed E-state index contributed by atoms with van der Waals surface area (Å²) < 4.78 is 21.3. The van der Waals surface area contributed by atoms with Crippen molar-refractivity contribution in [1.82, 2.24) is 0 Å². The third-order valence-electron chi connectivity index (χ3n) is 1.30.